The van der Waals surface area contributed by atoms with Crippen molar-refractivity contribution in [3.05, 3.63) is 48.0 Å². The van der Waals surface area contributed by atoms with Gasteiger partial charge in [-0.05, 0) is 24.3 Å². The monoisotopic (exact) mass is 498 g/mol. The standard InChI is InChI=1S/C21H20F2N2O8S/c22-12-1-3-15(23)16(7-12)24-20(27)11-33-21(28)17-8-13(26)10-25(17)34(29,30)14-2-4-18-19(9-14)32-6-5-31-18/h1-4,7,9,13,17,26H,5-6,8,10-11H2,(H,24,27)/t13-,17+/m1/s1. The molecule has 2 aliphatic heterocycles. The number of halogens is 2. The maximum absolute atomic E-state index is 13.7. The second-order valence-electron chi connectivity index (χ2n) is 7.57. The first-order valence-corrected chi connectivity index (χ1v) is 11.6. The van der Waals surface area contributed by atoms with Crippen molar-refractivity contribution in [3.63, 3.8) is 0 Å². The van der Waals surface area contributed by atoms with Crippen LogP contribution in [0.4, 0.5) is 14.5 Å². The van der Waals surface area contributed by atoms with Crippen molar-refractivity contribution in [2.24, 2.45) is 0 Å². The molecule has 2 heterocycles. The van der Waals surface area contributed by atoms with E-state index in [-0.39, 0.29) is 30.2 Å². The molecular weight excluding hydrogens is 478 g/mol. The van der Waals surface area contributed by atoms with E-state index in [1.165, 1.54) is 18.2 Å². The van der Waals surface area contributed by atoms with Crippen molar-refractivity contribution in [1.29, 1.82) is 0 Å². The second-order valence-corrected chi connectivity index (χ2v) is 9.46. The summed E-state index contributed by atoms with van der Waals surface area (Å²) in [6.07, 6.45) is -1.39. The molecule has 1 fully saturated rings. The Labute approximate surface area is 193 Å². The van der Waals surface area contributed by atoms with Crippen molar-refractivity contribution in [2.45, 2.75) is 23.5 Å². The molecule has 0 aliphatic carbocycles. The fraction of sp³-hybridized carbons (Fsp3) is 0.333. The summed E-state index contributed by atoms with van der Waals surface area (Å²) >= 11 is 0. The molecular formula is C21H20F2N2O8S. The molecule has 0 saturated carbocycles. The predicted molar refractivity (Wildman–Crippen MR) is 112 cm³/mol. The summed E-state index contributed by atoms with van der Waals surface area (Å²) in [7, 11) is -4.25. The Morgan fingerprint density at radius 2 is 1.85 bits per heavy atom. The van der Waals surface area contributed by atoms with E-state index in [4.69, 9.17) is 14.2 Å². The fourth-order valence-electron chi connectivity index (χ4n) is 3.60. The quantitative estimate of drug-likeness (QED) is 0.565. The zero-order valence-electron chi connectivity index (χ0n) is 17.6. The van der Waals surface area contributed by atoms with Gasteiger partial charge >= 0.3 is 5.97 Å². The van der Waals surface area contributed by atoms with Gasteiger partial charge in [0, 0.05) is 25.1 Å². The minimum absolute atomic E-state index is 0.178. The normalized spacial score (nSPS) is 20.1. The number of hydrogen-bond donors (Lipinski definition) is 2. The SMILES string of the molecule is O=C(COC(=O)[C@@H]1C[C@@H](O)CN1S(=O)(=O)c1ccc2c(c1)OCCO2)Nc1cc(F)ccc1F. The Hall–Kier alpha value is -3.29. The van der Waals surface area contributed by atoms with E-state index in [0.29, 0.717) is 12.4 Å². The van der Waals surface area contributed by atoms with Crippen LogP contribution in [0.1, 0.15) is 6.42 Å². The Morgan fingerprint density at radius 1 is 1.12 bits per heavy atom. The highest BCUT2D eigenvalue weighted by molar-refractivity contribution is 7.89. The molecule has 0 radical (unpaired) electrons. The Morgan fingerprint density at radius 3 is 2.62 bits per heavy atom. The zero-order valence-corrected chi connectivity index (χ0v) is 18.4. The highest BCUT2D eigenvalue weighted by Gasteiger charge is 2.44. The molecule has 2 aromatic rings. The van der Waals surface area contributed by atoms with E-state index in [9.17, 15) is 31.9 Å². The van der Waals surface area contributed by atoms with Gasteiger partial charge in [-0.25, -0.2) is 17.2 Å². The first-order chi connectivity index (χ1) is 16.1. The van der Waals surface area contributed by atoms with E-state index < -0.39 is 58.0 Å². The molecule has 0 bridgehead atoms. The third-order valence-corrected chi connectivity index (χ3v) is 7.04. The van der Waals surface area contributed by atoms with Crippen LogP contribution < -0.4 is 14.8 Å². The smallest absolute Gasteiger partial charge is 0.325 e. The van der Waals surface area contributed by atoms with Crippen molar-refractivity contribution in [1.82, 2.24) is 4.31 Å². The molecule has 2 aliphatic rings. The number of benzene rings is 2. The fourth-order valence-corrected chi connectivity index (χ4v) is 5.24. The van der Waals surface area contributed by atoms with Crippen LogP contribution in [0, 0.1) is 11.6 Å². The van der Waals surface area contributed by atoms with Gasteiger partial charge in [-0.3, -0.25) is 9.59 Å². The van der Waals surface area contributed by atoms with Gasteiger partial charge in [0.05, 0.1) is 16.7 Å². The molecule has 0 spiro atoms. The van der Waals surface area contributed by atoms with E-state index in [2.05, 4.69) is 5.32 Å². The highest BCUT2D eigenvalue weighted by atomic mass is 32.2. The minimum atomic E-state index is -4.25. The summed E-state index contributed by atoms with van der Waals surface area (Å²) in [4.78, 5) is 24.4. The summed E-state index contributed by atoms with van der Waals surface area (Å²) < 4.78 is 69.7. The average Bonchev–Trinajstić information content (AvgIpc) is 3.22. The predicted octanol–water partition coefficient (Wildman–Crippen LogP) is 1.04. The molecule has 0 unspecified atom stereocenters. The van der Waals surface area contributed by atoms with Gasteiger partial charge < -0.3 is 24.6 Å². The van der Waals surface area contributed by atoms with E-state index in [1.54, 1.807) is 0 Å². The molecule has 182 valence electrons. The molecule has 1 saturated heterocycles. The molecule has 10 nitrogen and oxygen atoms in total. The number of anilines is 1. The van der Waals surface area contributed by atoms with Crippen molar-refractivity contribution in [2.75, 3.05) is 31.7 Å². The molecule has 2 aromatic carbocycles. The second kappa shape index (κ2) is 9.52. The summed E-state index contributed by atoms with van der Waals surface area (Å²) in [5.41, 5.74) is -0.444. The number of carbonyl (C=O) groups excluding carboxylic acids is 2. The number of esters is 1. The lowest BCUT2D eigenvalue weighted by Crippen LogP contribution is -2.42. The number of fused-ring (bicyclic) bond motifs is 1. The van der Waals surface area contributed by atoms with Gasteiger partial charge in [0.15, 0.2) is 18.1 Å². The Kier molecular flexibility index (Phi) is 6.68. The number of carbonyl (C=O) groups is 2. The molecule has 1 amide bonds. The first-order valence-electron chi connectivity index (χ1n) is 10.2. The summed E-state index contributed by atoms with van der Waals surface area (Å²) in [6.45, 7) is -0.670. The lowest BCUT2D eigenvalue weighted by atomic mass is 10.2. The first kappa shape index (κ1) is 23.9. The van der Waals surface area contributed by atoms with Gasteiger partial charge in [-0.1, -0.05) is 0 Å². The van der Waals surface area contributed by atoms with Crippen LogP contribution in [0.2, 0.25) is 0 Å². The van der Waals surface area contributed by atoms with Gasteiger partial charge in [0.2, 0.25) is 10.0 Å². The topological polar surface area (TPSA) is 131 Å². The summed E-state index contributed by atoms with van der Waals surface area (Å²) in [5, 5.41) is 12.1. The van der Waals surface area contributed by atoms with Crippen molar-refractivity contribution >= 4 is 27.6 Å². The van der Waals surface area contributed by atoms with Crippen LogP contribution in [0.3, 0.4) is 0 Å². The maximum Gasteiger partial charge on any atom is 0.325 e. The van der Waals surface area contributed by atoms with Gasteiger partial charge in [-0.15, -0.1) is 0 Å². The third-order valence-electron chi connectivity index (χ3n) is 5.17. The number of nitrogens with one attached hydrogen (secondary N) is 1. The van der Waals surface area contributed by atoms with Crippen LogP contribution >= 0.6 is 0 Å². The van der Waals surface area contributed by atoms with E-state index >= 15 is 0 Å². The number of rotatable bonds is 6. The van der Waals surface area contributed by atoms with Crippen LogP contribution in [-0.4, -0.2) is 68.2 Å². The summed E-state index contributed by atoms with van der Waals surface area (Å²) in [6, 6.07) is 5.02. The molecule has 2 atom stereocenters. The Bertz CT molecular complexity index is 1220. The van der Waals surface area contributed by atoms with Crippen LogP contribution in [0.25, 0.3) is 0 Å². The van der Waals surface area contributed by atoms with Crippen molar-refractivity contribution < 1.29 is 46.1 Å². The third kappa shape index (κ3) is 4.95. The number of hydrogen-bond acceptors (Lipinski definition) is 8. The number of amides is 1. The molecule has 2 N–H and O–H groups in total. The van der Waals surface area contributed by atoms with E-state index in [0.717, 1.165) is 22.5 Å². The van der Waals surface area contributed by atoms with Gasteiger partial charge in [-0.2, -0.15) is 4.31 Å². The number of β-amino-alcohol motifs (C(OH)–C–C–N with tert-alkyl or cyclic N) is 1. The van der Waals surface area contributed by atoms with Crippen LogP contribution in [-0.2, 0) is 24.3 Å². The van der Waals surface area contributed by atoms with Gasteiger partial charge in [0.25, 0.3) is 5.91 Å². The lowest BCUT2D eigenvalue weighted by molar-refractivity contribution is -0.150. The molecule has 13 heteroatoms. The van der Waals surface area contributed by atoms with Gasteiger partial charge in [0.1, 0.15) is 30.9 Å². The lowest BCUT2D eigenvalue weighted by Gasteiger charge is -2.24. The summed E-state index contributed by atoms with van der Waals surface area (Å²) in [5.74, 6) is -3.11. The molecule has 4 rings (SSSR count). The van der Waals surface area contributed by atoms with Crippen LogP contribution in [0.5, 0.6) is 11.5 Å². The van der Waals surface area contributed by atoms with Crippen molar-refractivity contribution in [3.8, 4) is 11.5 Å². The van der Waals surface area contributed by atoms with Crippen LogP contribution in [0.15, 0.2) is 41.3 Å². The Balaban J connectivity index is 1.45. The maximum atomic E-state index is 13.7. The van der Waals surface area contributed by atoms with E-state index in [1.807, 2.05) is 0 Å². The number of aliphatic hydroxyl groups is 1. The number of aliphatic hydroxyl groups excluding tert-OH is 1. The molecule has 0 aromatic heterocycles. The largest absolute Gasteiger partial charge is 0.486 e. The minimum Gasteiger partial charge on any atom is -0.486 e. The number of sulfonamides is 1. The number of nitrogens with zero attached hydrogens (tertiary/aromatic N) is 1. The zero-order chi connectivity index (χ0) is 24.5. The highest BCUT2D eigenvalue weighted by Crippen LogP contribution is 2.35. The average molecular weight is 498 g/mol. The molecule has 34 heavy (non-hydrogen) atoms. The number of ether oxygens (including phenoxy) is 3.